The molecule has 0 aliphatic carbocycles. The molecule has 9 nitrogen and oxygen atoms in total. The van der Waals surface area contributed by atoms with E-state index in [0.717, 1.165) is 36.2 Å². The molecule has 0 N–H and O–H groups in total. The molecule has 3 aromatic rings. The Balaban J connectivity index is 1.18. The van der Waals surface area contributed by atoms with Crippen molar-refractivity contribution in [3.63, 3.8) is 0 Å². The highest BCUT2D eigenvalue weighted by molar-refractivity contribution is 7.89. The minimum atomic E-state index is -3.59. The lowest BCUT2D eigenvalue weighted by Gasteiger charge is -2.34. The van der Waals surface area contributed by atoms with Gasteiger partial charge in [-0.1, -0.05) is 18.2 Å². The minimum Gasteiger partial charge on any atom is -0.421 e. The first kappa shape index (κ1) is 23.7. The number of benzene rings is 2. The minimum absolute atomic E-state index is 0.0190. The number of aryl methyl sites for hydroxylation is 1. The maximum atomic E-state index is 13.3. The molecule has 1 fully saturated rings. The third-order valence-corrected chi connectivity index (χ3v) is 8.54. The quantitative estimate of drug-likeness (QED) is 0.518. The van der Waals surface area contributed by atoms with Gasteiger partial charge in [0, 0.05) is 63.9 Å². The Bertz CT molecular complexity index is 1300. The molecule has 0 saturated carbocycles. The predicted octanol–water partition coefficient (Wildman–Crippen LogP) is 2.58. The first-order valence-electron chi connectivity index (χ1n) is 11.9. The number of nitrogens with zero attached hydrogens (tertiary/aromatic N) is 5. The molecule has 184 valence electrons. The van der Waals surface area contributed by atoms with Crippen LogP contribution >= 0.6 is 0 Å². The fourth-order valence-electron chi connectivity index (χ4n) is 4.71. The van der Waals surface area contributed by atoms with Crippen molar-refractivity contribution in [1.82, 2.24) is 19.4 Å². The molecule has 35 heavy (non-hydrogen) atoms. The number of carbonyl (C=O) groups excluding carboxylic acids is 1. The summed E-state index contributed by atoms with van der Waals surface area (Å²) >= 11 is 0. The van der Waals surface area contributed by atoms with Gasteiger partial charge in [0.25, 0.3) is 0 Å². The fourth-order valence-corrected chi connectivity index (χ4v) is 6.18. The van der Waals surface area contributed by atoms with E-state index >= 15 is 0 Å². The van der Waals surface area contributed by atoms with Gasteiger partial charge in [-0.25, -0.2) is 8.42 Å². The predicted molar refractivity (Wildman–Crippen MR) is 131 cm³/mol. The smallest absolute Gasteiger partial charge is 0.247 e. The van der Waals surface area contributed by atoms with Crippen LogP contribution in [0.15, 0.2) is 57.8 Å². The van der Waals surface area contributed by atoms with E-state index in [-0.39, 0.29) is 5.91 Å². The van der Waals surface area contributed by atoms with Crippen LogP contribution in [-0.2, 0) is 27.7 Å². The van der Waals surface area contributed by atoms with Crippen molar-refractivity contribution in [2.24, 2.45) is 0 Å². The molecule has 0 unspecified atom stereocenters. The first-order valence-corrected chi connectivity index (χ1v) is 13.4. The number of amides is 1. The second kappa shape index (κ2) is 9.88. The molecule has 1 saturated heterocycles. The molecule has 1 amide bonds. The lowest BCUT2D eigenvalue weighted by Crippen LogP contribution is -2.49. The van der Waals surface area contributed by atoms with Crippen molar-refractivity contribution in [3.05, 3.63) is 60.0 Å². The van der Waals surface area contributed by atoms with Crippen LogP contribution in [0, 0.1) is 0 Å². The molecular formula is C25H29N5O4S. The number of rotatable bonds is 6. The molecule has 2 aromatic carbocycles. The Hall–Kier alpha value is -3.08. The van der Waals surface area contributed by atoms with Crippen molar-refractivity contribution in [2.75, 3.05) is 44.2 Å². The van der Waals surface area contributed by atoms with Crippen LogP contribution in [0.25, 0.3) is 11.5 Å². The van der Waals surface area contributed by atoms with Gasteiger partial charge in [-0.05, 0) is 48.7 Å². The maximum Gasteiger partial charge on any atom is 0.247 e. The molecule has 2 aliphatic rings. The zero-order valence-electron chi connectivity index (χ0n) is 19.8. The van der Waals surface area contributed by atoms with Crippen LogP contribution in [0.2, 0.25) is 0 Å². The summed E-state index contributed by atoms with van der Waals surface area (Å²) < 4.78 is 33.9. The molecular weight excluding hydrogens is 466 g/mol. The highest BCUT2D eigenvalue weighted by atomic mass is 32.2. The number of hydrogen-bond donors (Lipinski definition) is 0. The van der Waals surface area contributed by atoms with Gasteiger partial charge in [-0.15, -0.1) is 10.2 Å². The van der Waals surface area contributed by atoms with Crippen molar-refractivity contribution in [2.45, 2.75) is 31.1 Å². The van der Waals surface area contributed by atoms with Gasteiger partial charge in [0.05, 0.1) is 4.90 Å². The van der Waals surface area contributed by atoms with Gasteiger partial charge >= 0.3 is 0 Å². The van der Waals surface area contributed by atoms with Crippen LogP contribution < -0.4 is 4.90 Å². The second-order valence-electron chi connectivity index (χ2n) is 8.93. The molecule has 5 rings (SSSR count). The van der Waals surface area contributed by atoms with E-state index in [2.05, 4.69) is 15.1 Å². The number of aromatic nitrogens is 2. The van der Waals surface area contributed by atoms with Crippen molar-refractivity contribution in [1.29, 1.82) is 0 Å². The Morgan fingerprint density at radius 2 is 1.77 bits per heavy atom. The van der Waals surface area contributed by atoms with E-state index in [1.165, 1.54) is 0 Å². The monoisotopic (exact) mass is 495 g/mol. The summed E-state index contributed by atoms with van der Waals surface area (Å²) in [7, 11) is -3.59. The number of piperazine rings is 1. The van der Waals surface area contributed by atoms with Gasteiger partial charge in [-0.2, -0.15) is 4.31 Å². The summed E-state index contributed by atoms with van der Waals surface area (Å²) in [6, 6.07) is 14.8. The van der Waals surface area contributed by atoms with Crippen LogP contribution in [0.4, 0.5) is 5.69 Å². The van der Waals surface area contributed by atoms with Crippen LogP contribution in [0.1, 0.15) is 24.8 Å². The summed E-state index contributed by atoms with van der Waals surface area (Å²) in [5, 5.41) is 8.28. The lowest BCUT2D eigenvalue weighted by atomic mass is 10.0. The largest absolute Gasteiger partial charge is 0.421 e. The molecule has 0 spiro atoms. The van der Waals surface area contributed by atoms with Gasteiger partial charge in [-0.3, -0.25) is 4.79 Å². The van der Waals surface area contributed by atoms with Gasteiger partial charge in [0.15, 0.2) is 0 Å². The van der Waals surface area contributed by atoms with E-state index in [4.69, 9.17) is 4.42 Å². The van der Waals surface area contributed by atoms with Crippen LogP contribution in [0.5, 0.6) is 0 Å². The normalized spacial score (nSPS) is 17.3. The number of fused-ring (bicyclic) bond motifs is 1. The third kappa shape index (κ3) is 5.00. The molecule has 3 heterocycles. The number of sulfonamides is 1. The molecule has 0 bridgehead atoms. The van der Waals surface area contributed by atoms with Gasteiger partial charge in [0.2, 0.25) is 27.7 Å². The van der Waals surface area contributed by atoms with Crippen molar-refractivity contribution in [3.8, 4) is 11.5 Å². The van der Waals surface area contributed by atoms with E-state index in [1.54, 1.807) is 34.3 Å². The van der Waals surface area contributed by atoms with E-state index in [9.17, 15) is 13.2 Å². The SMILES string of the molecule is CC(=O)N1CCCc2cc(S(=O)(=O)N3CCN(CCc4nnc(-c5ccccc5)o4)CC3)ccc21. The zero-order chi connectivity index (χ0) is 24.4. The highest BCUT2D eigenvalue weighted by Gasteiger charge is 2.30. The molecule has 0 atom stereocenters. The van der Waals surface area contributed by atoms with Crippen molar-refractivity contribution >= 4 is 21.6 Å². The molecule has 0 radical (unpaired) electrons. The molecule has 1 aromatic heterocycles. The Kier molecular flexibility index (Phi) is 6.68. The van der Waals surface area contributed by atoms with E-state index < -0.39 is 10.0 Å². The standard InChI is InChI=1S/C25H29N5O4S/c1-19(31)30-12-5-8-21-18-22(9-10-23(21)30)35(32,33)29-16-14-28(15-17-29)13-11-24-26-27-25(34-24)20-6-3-2-4-7-20/h2-4,6-7,9-10,18H,5,8,11-17H2,1H3. The summed E-state index contributed by atoms with van der Waals surface area (Å²) in [6.45, 7) is 5.08. The topological polar surface area (TPSA) is 99.9 Å². The third-order valence-electron chi connectivity index (χ3n) is 6.65. The Morgan fingerprint density at radius 3 is 2.51 bits per heavy atom. The highest BCUT2D eigenvalue weighted by Crippen LogP contribution is 2.30. The number of anilines is 1. The average molecular weight is 496 g/mol. The van der Waals surface area contributed by atoms with Crippen molar-refractivity contribution < 1.29 is 17.6 Å². The Morgan fingerprint density at radius 1 is 1.00 bits per heavy atom. The van der Waals surface area contributed by atoms with Gasteiger partial charge < -0.3 is 14.2 Å². The summed E-state index contributed by atoms with van der Waals surface area (Å²) in [5.74, 6) is 1.06. The first-order chi connectivity index (χ1) is 16.9. The Labute approximate surface area is 205 Å². The summed E-state index contributed by atoms with van der Waals surface area (Å²) in [6.07, 6.45) is 2.23. The zero-order valence-corrected chi connectivity index (χ0v) is 20.6. The number of carbonyl (C=O) groups is 1. The molecule has 10 heteroatoms. The maximum absolute atomic E-state index is 13.3. The molecule has 2 aliphatic heterocycles. The average Bonchev–Trinajstić information content (AvgIpc) is 3.36. The van der Waals surface area contributed by atoms with E-state index in [0.29, 0.717) is 55.8 Å². The lowest BCUT2D eigenvalue weighted by molar-refractivity contribution is -0.116. The van der Waals surface area contributed by atoms with E-state index in [1.807, 2.05) is 30.3 Å². The second-order valence-corrected chi connectivity index (χ2v) is 10.9. The van der Waals surface area contributed by atoms with Gasteiger partial charge in [0.1, 0.15) is 0 Å². The van der Waals surface area contributed by atoms with Crippen LogP contribution in [0.3, 0.4) is 0 Å². The fraction of sp³-hybridized carbons (Fsp3) is 0.400. The number of hydrogen-bond acceptors (Lipinski definition) is 7. The van der Waals surface area contributed by atoms with Crippen LogP contribution in [-0.4, -0.2) is 73.0 Å². The summed E-state index contributed by atoms with van der Waals surface area (Å²) in [4.78, 5) is 16.2. The summed E-state index contributed by atoms with van der Waals surface area (Å²) in [5.41, 5.74) is 2.63.